The molecule has 0 amide bonds. The molecule has 0 saturated carbocycles. The number of para-hydroxylation sites is 1. The number of ether oxygens (including phenoxy) is 2. The lowest BCUT2D eigenvalue weighted by molar-refractivity contribution is 0.0190. The van der Waals surface area contributed by atoms with Gasteiger partial charge in [-0.15, -0.1) is 0 Å². The molecule has 0 spiro atoms. The van der Waals surface area contributed by atoms with Crippen molar-refractivity contribution in [3.8, 4) is 11.8 Å². The van der Waals surface area contributed by atoms with Crippen molar-refractivity contribution in [3.05, 3.63) is 95.2 Å². The van der Waals surface area contributed by atoms with Crippen molar-refractivity contribution >= 4 is 5.57 Å². The molecule has 3 nitrogen and oxygen atoms in total. The van der Waals surface area contributed by atoms with Gasteiger partial charge in [0.1, 0.15) is 11.9 Å². The second-order valence-corrected chi connectivity index (χ2v) is 13.6. The minimum absolute atomic E-state index is 0.0385. The van der Waals surface area contributed by atoms with E-state index in [1.54, 1.807) is 16.7 Å². The first-order valence-electron chi connectivity index (χ1n) is 16.1. The Morgan fingerprint density at radius 1 is 0.902 bits per heavy atom. The van der Waals surface area contributed by atoms with Crippen LogP contribution in [-0.4, -0.2) is 18.3 Å². The van der Waals surface area contributed by atoms with E-state index in [9.17, 15) is 5.26 Å². The summed E-state index contributed by atoms with van der Waals surface area (Å²) in [5, 5.41) is 10.3. The van der Waals surface area contributed by atoms with Crippen molar-refractivity contribution < 1.29 is 9.47 Å². The van der Waals surface area contributed by atoms with Crippen molar-refractivity contribution in [1.29, 1.82) is 5.26 Å². The molecular weight excluding hydrogens is 502 g/mol. The van der Waals surface area contributed by atoms with Gasteiger partial charge in [0.15, 0.2) is 0 Å². The summed E-state index contributed by atoms with van der Waals surface area (Å²) < 4.78 is 13.2. The van der Waals surface area contributed by atoms with Gasteiger partial charge in [0, 0.05) is 28.4 Å². The van der Waals surface area contributed by atoms with Crippen LogP contribution in [0, 0.1) is 46.3 Å². The molecule has 9 unspecified atom stereocenters. The SMILES string of the molecule is CC12C(CC=CC1C1=C(C3CC=CCC3C#N)CC(C3=C4c5ccccc5OC4CCC3)CC1)OC1C=CC=CC12. The largest absolute Gasteiger partial charge is 0.485 e. The number of hydrogen-bond donors (Lipinski definition) is 0. The zero-order chi connectivity index (χ0) is 27.6. The highest BCUT2D eigenvalue weighted by Gasteiger charge is 2.57. The van der Waals surface area contributed by atoms with Gasteiger partial charge in [-0.2, -0.15) is 5.26 Å². The monoisotopic (exact) mass is 543 g/mol. The Bertz CT molecular complexity index is 1460. The Hall–Kier alpha value is -3.09. The molecule has 210 valence electrons. The summed E-state index contributed by atoms with van der Waals surface area (Å²) >= 11 is 0. The Labute approximate surface area is 245 Å². The lowest BCUT2D eigenvalue weighted by atomic mass is 9.56. The van der Waals surface area contributed by atoms with Gasteiger partial charge in [-0.1, -0.05) is 90.5 Å². The number of hydrogen-bond acceptors (Lipinski definition) is 3. The number of nitrogens with zero attached hydrogens (tertiary/aromatic N) is 1. The molecular formula is C38H41NO2. The maximum absolute atomic E-state index is 10.3. The van der Waals surface area contributed by atoms with Crippen LogP contribution in [0.4, 0.5) is 0 Å². The smallest absolute Gasteiger partial charge is 0.127 e. The minimum Gasteiger partial charge on any atom is -0.485 e. The van der Waals surface area contributed by atoms with E-state index < -0.39 is 0 Å². The van der Waals surface area contributed by atoms with Crippen molar-refractivity contribution in [3.63, 3.8) is 0 Å². The second kappa shape index (κ2) is 10.0. The fourth-order valence-corrected chi connectivity index (χ4v) is 9.75. The average Bonchev–Trinajstić information content (AvgIpc) is 3.56. The van der Waals surface area contributed by atoms with Gasteiger partial charge in [-0.25, -0.2) is 0 Å². The van der Waals surface area contributed by atoms with Crippen LogP contribution in [0.2, 0.25) is 0 Å². The molecule has 8 rings (SSSR count). The van der Waals surface area contributed by atoms with Crippen molar-refractivity contribution in [1.82, 2.24) is 0 Å². The van der Waals surface area contributed by atoms with Crippen LogP contribution in [-0.2, 0) is 4.74 Å². The zero-order valence-electron chi connectivity index (χ0n) is 24.2. The van der Waals surface area contributed by atoms with Gasteiger partial charge >= 0.3 is 0 Å². The number of rotatable bonds is 3. The first-order valence-corrected chi connectivity index (χ1v) is 16.1. The summed E-state index contributed by atoms with van der Waals surface area (Å²) in [5.41, 5.74) is 7.76. The second-order valence-electron chi connectivity index (χ2n) is 13.6. The molecule has 1 aromatic carbocycles. The molecule has 3 heteroatoms. The van der Waals surface area contributed by atoms with Crippen molar-refractivity contribution in [2.75, 3.05) is 0 Å². The van der Waals surface area contributed by atoms with Crippen LogP contribution in [0.5, 0.6) is 5.75 Å². The summed E-state index contributed by atoms with van der Waals surface area (Å²) in [5.74, 6) is 2.74. The Balaban J connectivity index is 1.23. The van der Waals surface area contributed by atoms with Crippen molar-refractivity contribution in [2.24, 2.45) is 35.0 Å². The predicted octanol–water partition coefficient (Wildman–Crippen LogP) is 8.68. The maximum Gasteiger partial charge on any atom is 0.127 e. The van der Waals surface area contributed by atoms with Crippen LogP contribution in [0.15, 0.2) is 89.6 Å². The normalized spacial score (nSPS) is 40.5. The van der Waals surface area contributed by atoms with E-state index in [-0.39, 0.29) is 29.6 Å². The number of allylic oxidation sites excluding steroid dienone is 8. The predicted molar refractivity (Wildman–Crippen MR) is 163 cm³/mol. The van der Waals surface area contributed by atoms with Gasteiger partial charge in [-0.05, 0) is 75.7 Å². The Morgan fingerprint density at radius 3 is 2.71 bits per heavy atom. The third-order valence-corrected chi connectivity index (χ3v) is 11.7. The standard InChI is InChI=1S/C38H41NO2/c1-38-31(15-9-19-36(38)41-34-17-7-5-14-32(34)38)28-21-20-24(22-30(28)26-11-3-2-10-25(26)23-39)27-13-8-18-35-37(27)29-12-4-6-16-33(29)40-35/h2-7,9,12,14-17,24-26,31-32,34-36H,8,10-11,13,18-22H2,1H3. The van der Waals surface area contributed by atoms with Gasteiger partial charge in [-0.3, -0.25) is 0 Å². The van der Waals surface area contributed by atoms with Crippen LogP contribution in [0.1, 0.15) is 70.3 Å². The molecule has 2 heterocycles. The first kappa shape index (κ1) is 25.6. The van der Waals surface area contributed by atoms with E-state index in [1.807, 2.05) is 0 Å². The van der Waals surface area contributed by atoms with E-state index in [0.717, 1.165) is 44.3 Å². The molecule has 5 aliphatic carbocycles. The highest BCUT2D eigenvalue weighted by atomic mass is 16.5. The highest BCUT2D eigenvalue weighted by molar-refractivity contribution is 5.80. The minimum atomic E-state index is 0.0385. The lowest BCUT2D eigenvalue weighted by Crippen LogP contribution is -2.44. The molecule has 1 saturated heterocycles. The van der Waals surface area contributed by atoms with Gasteiger partial charge in [0.25, 0.3) is 0 Å². The topological polar surface area (TPSA) is 42.2 Å². The van der Waals surface area contributed by atoms with Gasteiger partial charge in [0.05, 0.1) is 24.2 Å². The van der Waals surface area contributed by atoms with Crippen LogP contribution < -0.4 is 4.74 Å². The Morgan fingerprint density at radius 2 is 1.78 bits per heavy atom. The highest BCUT2D eigenvalue weighted by Crippen LogP contribution is 2.59. The molecule has 1 fully saturated rings. The summed E-state index contributed by atoms with van der Waals surface area (Å²) in [6, 6.07) is 11.4. The average molecular weight is 544 g/mol. The van der Waals surface area contributed by atoms with Crippen LogP contribution in [0.3, 0.4) is 0 Å². The summed E-state index contributed by atoms with van der Waals surface area (Å²) in [6.45, 7) is 2.50. The van der Waals surface area contributed by atoms with Crippen LogP contribution >= 0.6 is 0 Å². The maximum atomic E-state index is 10.3. The fourth-order valence-electron chi connectivity index (χ4n) is 9.75. The molecule has 9 atom stereocenters. The van der Waals surface area contributed by atoms with Gasteiger partial charge in [0.2, 0.25) is 0 Å². The third kappa shape index (κ3) is 3.94. The van der Waals surface area contributed by atoms with E-state index >= 15 is 0 Å². The Kier molecular flexibility index (Phi) is 6.26. The fraction of sp³-hybridized carbons (Fsp3) is 0.500. The molecule has 7 aliphatic rings. The summed E-state index contributed by atoms with van der Waals surface area (Å²) in [4.78, 5) is 0. The molecule has 0 aromatic heterocycles. The molecule has 0 N–H and O–H groups in total. The molecule has 0 bridgehead atoms. The summed E-state index contributed by atoms with van der Waals surface area (Å²) in [6.07, 6.45) is 29.0. The molecule has 1 aromatic rings. The molecule has 41 heavy (non-hydrogen) atoms. The van der Waals surface area contributed by atoms with Crippen LogP contribution in [0.25, 0.3) is 5.57 Å². The zero-order valence-corrected chi connectivity index (χ0v) is 24.2. The van der Waals surface area contributed by atoms with E-state index in [2.05, 4.69) is 85.9 Å². The number of fused-ring (bicyclic) bond motifs is 6. The number of nitriles is 1. The van der Waals surface area contributed by atoms with Gasteiger partial charge < -0.3 is 9.47 Å². The first-order chi connectivity index (χ1) is 20.2. The molecule has 2 aliphatic heterocycles. The lowest BCUT2D eigenvalue weighted by Gasteiger charge is -2.47. The van der Waals surface area contributed by atoms with E-state index in [0.29, 0.717) is 23.7 Å². The molecule has 0 radical (unpaired) electrons. The summed E-state index contributed by atoms with van der Waals surface area (Å²) in [7, 11) is 0. The number of benzene rings is 1. The van der Waals surface area contributed by atoms with E-state index in [1.165, 1.54) is 30.4 Å². The van der Waals surface area contributed by atoms with E-state index in [4.69, 9.17) is 9.47 Å². The third-order valence-electron chi connectivity index (χ3n) is 11.7. The van der Waals surface area contributed by atoms with Crippen molar-refractivity contribution in [2.45, 2.75) is 83.0 Å². The quantitative estimate of drug-likeness (QED) is 0.358.